The number of alkyl carbamates (subject to hydrolysis) is 1. The second kappa shape index (κ2) is 5.96. The van der Waals surface area contributed by atoms with Crippen molar-refractivity contribution in [2.24, 2.45) is 0 Å². The maximum absolute atomic E-state index is 11.3. The summed E-state index contributed by atoms with van der Waals surface area (Å²) < 4.78 is 5.10. The molecule has 0 aromatic heterocycles. The van der Waals surface area contributed by atoms with Gasteiger partial charge in [-0.05, 0) is 27.7 Å². The van der Waals surface area contributed by atoms with Gasteiger partial charge in [0.1, 0.15) is 5.60 Å². The number of carbonyl (C=O) groups excluding carboxylic acids is 1. The first-order valence-electron chi connectivity index (χ1n) is 4.62. The minimum atomic E-state index is -0.457. The molecule has 1 atom stereocenters. The molecule has 0 heterocycles. The summed E-state index contributed by atoms with van der Waals surface area (Å²) in [5.41, 5.74) is -0.457. The van der Waals surface area contributed by atoms with Crippen molar-refractivity contribution >= 4 is 18.7 Å². The highest BCUT2D eigenvalue weighted by atomic mass is 32.1. The number of hydrogen-bond donors (Lipinski definition) is 2. The molecule has 0 saturated carbocycles. The zero-order chi connectivity index (χ0) is 11.2. The molecule has 4 heteroatoms. The van der Waals surface area contributed by atoms with Crippen molar-refractivity contribution in [3.8, 4) is 0 Å². The molecule has 0 radical (unpaired) electrons. The van der Waals surface area contributed by atoms with E-state index < -0.39 is 11.7 Å². The lowest BCUT2D eigenvalue weighted by molar-refractivity contribution is 0.0519. The summed E-state index contributed by atoms with van der Waals surface area (Å²) in [7, 11) is 0. The van der Waals surface area contributed by atoms with Crippen molar-refractivity contribution in [3.05, 3.63) is 12.2 Å². The van der Waals surface area contributed by atoms with Crippen LogP contribution in [0.25, 0.3) is 0 Å². The van der Waals surface area contributed by atoms with E-state index in [0.29, 0.717) is 5.75 Å². The van der Waals surface area contributed by atoms with E-state index in [2.05, 4.69) is 17.9 Å². The summed E-state index contributed by atoms with van der Waals surface area (Å²) in [6.45, 7) is 7.39. The largest absolute Gasteiger partial charge is 0.444 e. The molecule has 1 N–H and O–H groups in total. The van der Waals surface area contributed by atoms with E-state index in [4.69, 9.17) is 4.74 Å². The predicted octanol–water partition coefficient (Wildman–Crippen LogP) is 2.39. The Bertz CT molecular complexity index is 209. The lowest BCUT2D eigenvalue weighted by Crippen LogP contribution is -2.39. The van der Waals surface area contributed by atoms with Crippen LogP contribution in [0, 0.1) is 0 Å². The van der Waals surface area contributed by atoms with Gasteiger partial charge in [0.05, 0.1) is 6.04 Å². The van der Waals surface area contributed by atoms with Gasteiger partial charge in [-0.25, -0.2) is 4.79 Å². The third-order valence-corrected chi connectivity index (χ3v) is 1.72. The predicted molar refractivity (Wildman–Crippen MR) is 61.8 cm³/mol. The van der Waals surface area contributed by atoms with E-state index in [9.17, 15) is 4.79 Å². The zero-order valence-electron chi connectivity index (χ0n) is 9.20. The molecule has 0 bridgehead atoms. The van der Waals surface area contributed by atoms with Crippen LogP contribution in [0.4, 0.5) is 4.79 Å². The molecule has 0 aliphatic carbocycles. The lowest BCUT2D eigenvalue weighted by atomic mass is 10.2. The molecular formula is C10H19NO2S. The summed E-state index contributed by atoms with van der Waals surface area (Å²) in [6, 6.07) is -0.0711. The minimum absolute atomic E-state index is 0.0711. The first-order chi connectivity index (χ1) is 6.39. The monoisotopic (exact) mass is 217 g/mol. The van der Waals surface area contributed by atoms with Gasteiger partial charge in [-0.15, -0.1) is 0 Å². The van der Waals surface area contributed by atoms with Crippen LogP contribution in [0.2, 0.25) is 0 Å². The van der Waals surface area contributed by atoms with Crippen molar-refractivity contribution in [2.45, 2.75) is 39.3 Å². The lowest BCUT2D eigenvalue weighted by Gasteiger charge is -2.21. The van der Waals surface area contributed by atoms with Crippen LogP contribution in [0.3, 0.4) is 0 Å². The second-order valence-corrected chi connectivity index (χ2v) is 4.33. The van der Waals surface area contributed by atoms with Crippen LogP contribution >= 0.6 is 12.6 Å². The van der Waals surface area contributed by atoms with Crippen molar-refractivity contribution in [2.75, 3.05) is 5.75 Å². The Morgan fingerprint density at radius 3 is 2.50 bits per heavy atom. The molecule has 14 heavy (non-hydrogen) atoms. The number of allylic oxidation sites excluding steroid dienone is 1. The maximum atomic E-state index is 11.3. The van der Waals surface area contributed by atoms with Crippen molar-refractivity contribution in [1.82, 2.24) is 5.32 Å². The van der Waals surface area contributed by atoms with E-state index in [1.807, 2.05) is 39.8 Å². The van der Waals surface area contributed by atoms with Gasteiger partial charge in [-0.1, -0.05) is 12.2 Å². The number of rotatable bonds is 3. The minimum Gasteiger partial charge on any atom is -0.444 e. The van der Waals surface area contributed by atoms with Gasteiger partial charge in [0.2, 0.25) is 0 Å². The molecule has 1 amide bonds. The summed E-state index contributed by atoms with van der Waals surface area (Å²) in [5.74, 6) is 0.559. The molecule has 82 valence electrons. The van der Waals surface area contributed by atoms with E-state index in [1.165, 1.54) is 0 Å². The van der Waals surface area contributed by atoms with Crippen LogP contribution in [0.5, 0.6) is 0 Å². The molecule has 0 aliphatic rings. The molecule has 0 aliphatic heterocycles. The molecule has 0 spiro atoms. The Labute approximate surface area is 91.3 Å². The normalized spacial score (nSPS) is 14.1. The van der Waals surface area contributed by atoms with Gasteiger partial charge in [0, 0.05) is 5.75 Å². The zero-order valence-corrected chi connectivity index (χ0v) is 10.1. The average molecular weight is 217 g/mol. The van der Waals surface area contributed by atoms with Crippen LogP contribution in [-0.2, 0) is 4.74 Å². The van der Waals surface area contributed by atoms with Crippen LogP contribution in [0.1, 0.15) is 27.7 Å². The standard InChI is InChI=1S/C10H19NO2S/c1-5-6-8(7-14)11-9(12)13-10(2,3)4/h5-6,8,14H,7H2,1-4H3,(H,11,12)/b6-5-/t8-/m0/s1. The maximum Gasteiger partial charge on any atom is 0.408 e. The Morgan fingerprint density at radius 2 is 2.14 bits per heavy atom. The third kappa shape index (κ3) is 6.83. The summed E-state index contributed by atoms with van der Waals surface area (Å²) in [5, 5.41) is 2.70. The summed E-state index contributed by atoms with van der Waals surface area (Å²) >= 11 is 4.11. The number of ether oxygens (including phenoxy) is 1. The van der Waals surface area contributed by atoms with E-state index in [0.717, 1.165) is 0 Å². The SMILES string of the molecule is C/C=C\[C@@H](CS)NC(=O)OC(C)(C)C. The van der Waals surface area contributed by atoms with E-state index in [-0.39, 0.29) is 6.04 Å². The number of hydrogen-bond acceptors (Lipinski definition) is 3. The smallest absolute Gasteiger partial charge is 0.408 e. The van der Waals surface area contributed by atoms with Crippen molar-refractivity contribution in [1.29, 1.82) is 0 Å². The van der Waals surface area contributed by atoms with E-state index in [1.54, 1.807) is 0 Å². The fraction of sp³-hybridized carbons (Fsp3) is 0.700. The van der Waals surface area contributed by atoms with Crippen LogP contribution < -0.4 is 5.32 Å². The quantitative estimate of drug-likeness (QED) is 0.562. The molecule has 0 unspecified atom stereocenters. The Balaban J connectivity index is 4.04. The highest BCUT2D eigenvalue weighted by Gasteiger charge is 2.17. The number of amides is 1. The molecule has 0 aromatic carbocycles. The van der Waals surface area contributed by atoms with Crippen LogP contribution in [-0.4, -0.2) is 23.5 Å². The Hall–Kier alpha value is -0.640. The first-order valence-corrected chi connectivity index (χ1v) is 5.25. The van der Waals surface area contributed by atoms with Crippen LogP contribution in [0.15, 0.2) is 12.2 Å². The van der Waals surface area contributed by atoms with Gasteiger partial charge >= 0.3 is 6.09 Å². The highest BCUT2D eigenvalue weighted by molar-refractivity contribution is 7.80. The molecule has 0 fully saturated rings. The number of thiol groups is 1. The molecule has 0 saturated heterocycles. The van der Waals surface area contributed by atoms with Crippen molar-refractivity contribution in [3.63, 3.8) is 0 Å². The number of carbonyl (C=O) groups is 1. The second-order valence-electron chi connectivity index (χ2n) is 3.96. The van der Waals surface area contributed by atoms with Gasteiger partial charge in [-0.2, -0.15) is 12.6 Å². The molecule has 3 nitrogen and oxygen atoms in total. The topological polar surface area (TPSA) is 38.3 Å². The molecule has 0 aromatic rings. The Morgan fingerprint density at radius 1 is 1.57 bits per heavy atom. The highest BCUT2D eigenvalue weighted by Crippen LogP contribution is 2.07. The number of nitrogens with one attached hydrogen (secondary N) is 1. The molecule has 0 rings (SSSR count). The van der Waals surface area contributed by atoms with Crippen molar-refractivity contribution < 1.29 is 9.53 Å². The van der Waals surface area contributed by atoms with E-state index >= 15 is 0 Å². The molecular weight excluding hydrogens is 198 g/mol. The van der Waals surface area contributed by atoms with Gasteiger partial charge in [-0.3, -0.25) is 0 Å². The summed E-state index contributed by atoms with van der Waals surface area (Å²) in [4.78, 5) is 11.3. The third-order valence-electron chi connectivity index (χ3n) is 1.32. The summed E-state index contributed by atoms with van der Waals surface area (Å²) in [6.07, 6.45) is 3.34. The van der Waals surface area contributed by atoms with Gasteiger partial charge < -0.3 is 10.1 Å². The Kier molecular flexibility index (Phi) is 5.69. The fourth-order valence-corrected chi connectivity index (χ4v) is 1.06. The average Bonchev–Trinajstić information content (AvgIpc) is 2.00. The first kappa shape index (κ1) is 13.4. The fourth-order valence-electron chi connectivity index (χ4n) is 0.846. The van der Waals surface area contributed by atoms with Gasteiger partial charge in [0.15, 0.2) is 0 Å². The van der Waals surface area contributed by atoms with Gasteiger partial charge in [0.25, 0.3) is 0 Å².